The van der Waals surface area contributed by atoms with E-state index in [0.29, 0.717) is 31.1 Å². The molecule has 22 heavy (non-hydrogen) atoms. The summed E-state index contributed by atoms with van der Waals surface area (Å²) in [5, 5.41) is 9.36. The second-order valence-electron chi connectivity index (χ2n) is 5.54. The number of amides is 1. The highest BCUT2D eigenvalue weighted by molar-refractivity contribution is 6.31. The van der Waals surface area contributed by atoms with Crippen LogP contribution in [0.4, 0.5) is 0 Å². The minimum atomic E-state index is -0.918. The number of carboxylic acid groups (broad SMARTS) is 1. The van der Waals surface area contributed by atoms with E-state index in [1.165, 1.54) is 4.90 Å². The van der Waals surface area contributed by atoms with Crippen LogP contribution in [-0.2, 0) is 19.7 Å². The molecule has 1 aromatic rings. The van der Waals surface area contributed by atoms with E-state index >= 15 is 0 Å². The van der Waals surface area contributed by atoms with Crippen LogP contribution in [0.2, 0.25) is 5.02 Å². The molecule has 0 aliphatic carbocycles. The SMILES string of the molecule is CN(CCC(=O)O)C(=O)C1(c2ccccc2Cl)CCOCC1. The Hall–Kier alpha value is -1.59. The summed E-state index contributed by atoms with van der Waals surface area (Å²) in [5.41, 5.74) is 0.0660. The minimum Gasteiger partial charge on any atom is -0.481 e. The van der Waals surface area contributed by atoms with Crippen molar-refractivity contribution in [2.24, 2.45) is 0 Å². The molecule has 2 rings (SSSR count). The fourth-order valence-corrected chi connectivity index (χ4v) is 3.21. The number of likely N-dealkylation sites (N-methyl/N-ethyl adjacent to an activating group) is 1. The van der Waals surface area contributed by atoms with Gasteiger partial charge in [-0.15, -0.1) is 0 Å². The average molecular weight is 326 g/mol. The lowest BCUT2D eigenvalue weighted by Crippen LogP contribution is -2.49. The number of aliphatic carboxylic acids is 1. The summed E-state index contributed by atoms with van der Waals surface area (Å²) in [6.45, 7) is 1.16. The lowest BCUT2D eigenvalue weighted by atomic mass is 9.73. The predicted octanol–water partition coefficient (Wildman–Crippen LogP) is 2.32. The summed E-state index contributed by atoms with van der Waals surface area (Å²) < 4.78 is 5.41. The van der Waals surface area contributed by atoms with Gasteiger partial charge in [0.2, 0.25) is 5.91 Å². The van der Waals surface area contributed by atoms with Gasteiger partial charge in [-0.05, 0) is 24.5 Å². The Morgan fingerprint density at radius 2 is 1.95 bits per heavy atom. The van der Waals surface area contributed by atoms with Crippen molar-refractivity contribution < 1.29 is 19.4 Å². The molecule has 1 heterocycles. The number of rotatable bonds is 5. The van der Waals surface area contributed by atoms with Gasteiger partial charge in [0.15, 0.2) is 0 Å². The molecule has 0 spiro atoms. The highest BCUT2D eigenvalue weighted by Gasteiger charge is 2.44. The van der Waals surface area contributed by atoms with Gasteiger partial charge in [0.25, 0.3) is 0 Å². The third-order valence-corrected chi connectivity index (χ3v) is 4.48. The Morgan fingerprint density at radius 1 is 1.32 bits per heavy atom. The van der Waals surface area contributed by atoms with Crippen LogP contribution in [-0.4, -0.2) is 48.7 Å². The summed E-state index contributed by atoms with van der Waals surface area (Å²) in [4.78, 5) is 25.2. The topological polar surface area (TPSA) is 66.8 Å². The predicted molar refractivity (Wildman–Crippen MR) is 83.1 cm³/mol. The molecule has 1 saturated heterocycles. The van der Waals surface area contributed by atoms with Crippen molar-refractivity contribution in [2.75, 3.05) is 26.8 Å². The van der Waals surface area contributed by atoms with Crippen LogP contribution >= 0.6 is 11.6 Å². The number of hydrogen-bond donors (Lipinski definition) is 1. The largest absolute Gasteiger partial charge is 0.481 e. The quantitative estimate of drug-likeness (QED) is 0.902. The zero-order valence-corrected chi connectivity index (χ0v) is 13.3. The number of nitrogens with zero attached hydrogens (tertiary/aromatic N) is 1. The van der Waals surface area contributed by atoms with E-state index in [2.05, 4.69) is 0 Å². The molecule has 1 fully saturated rings. The molecule has 1 N–H and O–H groups in total. The first kappa shape index (κ1) is 16.8. The molecule has 0 radical (unpaired) electrons. The van der Waals surface area contributed by atoms with E-state index in [9.17, 15) is 9.59 Å². The van der Waals surface area contributed by atoms with Crippen LogP contribution in [0.5, 0.6) is 0 Å². The molecular formula is C16H20ClNO4. The van der Waals surface area contributed by atoms with Crippen LogP contribution in [0.3, 0.4) is 0 Å². The van der Waals surface area contributed by atoms with Crippen molar-refractivity contribution in [2.45, 2.75) is 24.7 Å². The third kappa shape index (κ3) is 3.42. The van der Waals surface area contributed by atoms with Crippen LogP contribution < -0.4 is 0 Å². The fourth-order valence-electron chi connectivity index (χ4n) is 2.90. The maximum atomic E-state index is 13.0. The van der Waals surface area contributed by atoms with Crippen molar-refractivity contribution >= 4 is 23.5 Å². The van der Waals surface area contributed by atoms with Gasteiger partial charge in [0.1, 0.15) is 0 Å². The molecule has 0 bridgehead atoms. The standard InChI is InChI=1S/C16H20ClNO4/c1-18(9-6-14(19)20)15(21)16(7-10-22-11-8-16)12-4-2-3-5-13(12)17/h2-5H,6-11H2,1H3,(H,19,20). The van der Waals surface area contributed by atoms with Gasteiger partial charge in [-0.25, -0.2) is 0 Å². The van der Waals surface area contributed by atoms with E-state index in [4.69, 9.17) is 21.4 Å². The molecule has 0 unspecified atom stereocenters. The van der Waals surface area contributed by atoms with Gasteiger partial charge in [-0.2, -0.15) is 0 Å². The first-order valence-electron chi connectivity index (χ1n) is 7.27. The summed E-state index contributed by atoms with van der Waals surface area (Å²) >= 11 is 6.32. The second kappa shape index (κ2) is 7.11. The van der Waals surface area contributed by atoms with Crippen LogP contribution in [0, 0.1) is 0 Å². The molecule has 1 amide bonds. The van der Waals surface area contributed by atoms with E-state index in [0.717, 1.165) is 5.56 Å². The van der Waals surface area contributed by atoms with Gasteiger partial charge in [-0.3, -0.25) is 9.59 Å². The van der Waals surface area contributed by atoms with Crippen LogP contribution in [0.15, 0.2) is 24.3 Å². The van der Waals surface area contributed by atoms with E-state index in [1.807, 2.05) is 18.2 Å². The highest BCUT2D eigenvalue weighted by atomic mass is 35.5. The maximum absolute atomic E-state index is 13.0. The van der Waals surface area contributed by atoms with E-state index in [-0.39, 0.29) is 18.9 Å². The molecule has 120 valence electrons. The van der Waals surface area contributed by atoms with Crippen molar-refractivity contribution in [3.8, 4) is 0 Å². The zero-order valence-electron chi connectivity index (χ0n) is 12.5. The van der Waals surface area contributed by atoms with E-state index < -0.39 is 11.4 Å². The minimum absolute atomic E-state index is 0.0721. The second-order valence-corrected chi connectivity index (χ2v) is 5.95. The molecule has 1 aliphatic heterocycles. The van der Waals surface area contributed by atoms with Gasteiger partial charge in [0, 0.05) is 31.8 Å². The molecule has 0 aromatic heterocycles. The Bertz CT molecular complexity index is 555. The molecule has 5 nitrogen and oxygen atoms in total. The Kier molecular flexibility index (Phi) is 5.42. The first-order valence-corrected chi connectivity index (χ1v) is 7.65. The Morgan fingerprint density at radius 3 is 2.55 bits per heavy atom. The Labute approximate surface area is 134 Å². The summed E-state index contributed by atoms with van der Waals surface area (Å²) in [7, 11) is 1.64. The smallest absolute Gasteiger partial charge is 0.305 e. The molecule has 6 heteroatoms. The number of benzene rings is 1. The molecule has 1 aromatic carbocycles. The van der Waals surface area contributed by atoms with Crippen molar-refractivity contribution in [1.82, 2.24) is 4.90 Å². The van der Waals surface area contributed by atoms with Gasteiger partial charge < -0.3 is 14.7 Å². The van der Waals surface area contributed by atoms with Gasteiger partial charge in [-0.1, -0.05) is 29.8 Å². The van der Waals surface area contributed by atoms with Gasteiger partial charge in [0.05, 0.1) is 11.8 Å². The number of carbonyl (C=O) groups is 2. The lowest BCUT2D eigenvalue weighted by Gasteiger charge is -2.39. The molecular weight excluding hydrogens is 306 g/mol. The first-order chi connectivity index (χ1) is 10.5. The Balaban J connectivity index is 2.31. The van der Waals surface area contributed by atoms with Crippen molar-refractivity contribution in [3.05, 3.63) is 34.9 Å². The maximum Gasteiger partial charge on any atom is 0.305 e. The number of halogens is 1. The zero-order chi connectivity index (χ0) is 16.2. The summed E-state index contributed by atoms with van der Waals surface area (Å²) in [6.07, 6.45) is 1.03. The molecule has 0 saturated carbocycles. The fraction of sp³-hybridized carbons (Fsp3) is 0.500. The number of hydrogen-bond acceptors (Lipinski definition) is 3. The normalized spacial score (nSPS) is 17.0. The molecule has 1 aliphatic rings. The van der Waals surface area contributed by atoms with E-state index in [1.54, 1.807) is 13.1 Å². The van der Waals surface area contributed by atoms with Gasteiger partial charge >= 0.3 is 5.97 Å². The molecule has 0 atom stereocenters. The lowest BCUT2D eigenvalue weighted by molar-refractivity contribution is -0.142. The third-order valence-electron chi connectivity index (χ3n) is 4.15. The van der Waals surface area contributed by atoms with Crippen LogP contribution in [0.25, 0.3) is 0 Å². The summed E-state index contributed by atoms with van der Waals surface area (Å²) in [6, 6.07) is 7.34. The monoisotopic (exact) mass is 325 g/mol. The number of carbonyl (C=O) groups excluding carboxylic acids is 1. The average Bonchev–Trinajstić information content (AvgIpc) is 2.53. The van der Waals surface area contributed by atoms with Crippen molar-refractivity contribution in [1.29, 1.82) is 0 Å². The summed E-state index contributed by atoms with van der Waals surface area (Å²) in [5.74, 6) is -1.01. The number of carboxylic acids is 1. The van der Waals surface area contributed by atoms with Crippen molar-refractivity contribution in [3.63, 3.8) is 0 Å². The highest BCUT2D eigenvalue weighted by Crippen LogP contribution is 2.40. The number of ether oxygens (including phenoxy) is 1. The van der Waals surface area contributed by atoms with Crippen LogP contribution in [0.1, 0.15) is 24.8 Å².